The lowest BCUT2D eigenvalue weighted by atomic mass is 10.1. The number of pyridine rings is 1. The number of rotatable bonds is 4. The third-order valence-corrected chi connectivity index (χ3v) is 3.00. The second-order valence-corrected chi connectivity index (χ2v) is 4.25. The van der Waals surface area contributed by atoms with Crippen molar-refractivity contribution in [3.05, 3.63) is 66.4 Å². The molecular weight excluding hydrogens is 224 g/mol. The first-order chi connectivity index (χ1) is 8.93. The lowest BCUT2D eigenvalue weighted by molar-refractivity contribution is 0.560. The van der Waals surface area contributed by atoms with E-state index in [4.69, 9.17) is 4.42 Å². The van der Waals surface area contributed by atoms with Crippen molar-refractivity contribution in [3.8, 4) is 0 Å². The number of aromatic nitrogens is 1. The fourth-order valence-electron chi connectivity index (χ4n) is 2.08. The normalized spacial score (nSPS) is 10.9. The smallest absolute Gasteiger partial charge is 0.0947 e. The van der Waals surface area contributed by atoms with Gasteiger partial charge in [0.1, 0.15) is 0 Å². The van der Waals surface area contributed by atoms with E-state index in [2.05, 4.69) is 34.6 Å². The summed E-state index contributed by atoms with van der Waals surface area (Å²) in [5, 5.41) is 5.85. The van der Waals surface area contributed by atoms with E-state index in [0.717, 1.165) is 18.7 Å². The molecule has 0 aliphatic carbocycles. The first kappa shape index (κ1) is 11.0. The SMILES string of the molecule is c1cc(CNCc2ccoc2)c2ccncc2c1. The number of nitrogens with one attached hydrogen (secondary N) is 1. The minimum atomic E-state index is 0.817. The number of hydrogen-bond donors (Lipinski definition) is 1. The molecule has 18 heavy (non-hydrogen) atoms. The van der Waals surface area contributed by atoms with Crippen LogP contribution in [-0.4, -0.2) is 4.98 Å². The van der Waals surface area contributed by atoms with Crippen molar-refractivity contribution in [2.45, 2.75) is 13.1 Å². The summed E-state index contributed by atoms with van der Waals surface area (Å²) in [4.78, 5) is 4.14. The predicted molar refractivity (Wildman–Crippen MR) is 71.0 cm³/mol. The molecule has 0 fully saturated rings. The molecule has 0 aliphatic heterocycles. The van der Waals surface area contributed by atoms with Gasteiger partial charge in [0.2, 0.25) is 0 Å². The Bertz CT molecular complexity index is 627. The van der Waals surface area contributed by atoms with Crippen LogP contribution in [0.4, 0.5) is 0 Å². The Kier molecular flexibility index (Phi) is 3.07. The molecule has 2 heterocycles. The molecule has 0 saturated heterocycles. The van der Waals surface area contributed by atoms with Crippen molar-refractivity contribution in [3.63, 3.8) is 0 Å². The number of nitrogens with zero attached hydrogens (tertiary/aromatic N) is 1. The molecule has 3 rings (SSSR count). The Balaban J connectivity index is 1.74. The van der Waals surface area contributed by atoms with Crippen LogP contribution < -0.4 is 5.32 Å². The monoisotopic (exact) mass is 238 g/mol. The molecule has 2 aromatic heterocycles. The van der Waals surface area contributed by atoms with Gasteiger partial charge in [-0.05, 0) is 23.1 Å². The summed E-state index contributed by atoms with van der Waals surface area (Å²) >= 11 is 0. The van der Waals surface area contributed by atoms with Gasteiger partial charge in [0.05, 0.1) is 12.5 Å². The van der Waals surface area contributed by atoms with Crippen molar-refractivity contribution in [2.75, 3.05) is 0 Å². The second-order valence-electron chi connectivity index (χ2n) is 4.25. The zero-order chi connectivity index (χ0) is 12.2. The van der Waals surface area contributed by atoms with Crippen molar-refractivity contribution in [2.24, 2.45) is 0 Å². The van der Waals surface area contributed by atoms with Gasteiger partial charge in [0.25, 0.3) is 0 Å². The topological polar surface area (TPSA) is 38.1 Å². The molecule has 90 valence electrons. The van der Waals surface area contributed by atoms with E-state index in [-0.39, 0.29) is 0 Å². The Hall–Kier alpha value is -2.13. The molecule has 0 atom stereocenters. The third-order valence-electron chi connectivity index (χ3n) is 3.00. The minimum absolute atomic E-state index is 0.817. The molecular formula is C15H14N2O. The van der Waals surface area contributed by atoms with Crippen molar-refractivity contribution in [1.82, 2.24) is 10.3 Å². The highest BCUT2D eigenvalue weighted by Crippen LogP contribution is 2.17. The van der Waals surface area contributed by atoms with Crippen LogP contribution in [0.25, 0.3) is 10.8 Å². The van der Waals surface area contributed by atoms with Crippen LogP contribution in [0.1, 0.15) is 11.1 Å². The minimum Gasteiger partial charge on any atom is -0.472 e. The maximum absolute atomic E-state index is 5.04. The van der Waals surface area contributed by atoms with Gasteiger partial charge in [0.15, 0.2) is 0 Å². The van der Waals surface area contributed by atoms with Gasteiger partial charge in [-0.2, -0.15) is 0 Å². The average molecular weight is 238 g/mol. The van der Waals surface area contributed by atoms with Crippen LogP contribution in [0.5, 0.6) is 0 Å². The van der Waals surface area contributed by atoms with Crippen LogP contribution >= 0.6 is 0 Å². The molecule has 3 heteroatoms. The molecule has 0 saturated carbocycles. The molecule has 0 aliphatic rings. The number of furan rings is 1. The highest BCUT2D eigenvalue weighted by molar-refractivity contribution is 5.84. The zero-order valence-electron chi connectivity index (χ0n) is 9.97. The summed E-state index contributed by atoms with van der Waals surface area (Å²) in [5.74, 6) is 0. The van der Waals surface area contributed by atoms with Gasteiger partial charge in [-0.15, -0.1) is 0 Å². The van der Waals surface area contributed by atoms with E-state index in [0.29, 0.717) is 0 Å². The van der Waals surface area contributed by atoms with E-state index in [1.807, 2.05) is 18.5 Å². The predicted octanol–water partition coefficient (Wildman–Crippen LogP) is 3.12. The van der Waals surface area contributed by atoms with Crippen LogP contribution in [0, 0.1) is 0 Å². The zero-order valence-corrected chi connectivity index (χ0v) is 9.97. The maximum Gasteiger partial charge on any atom is 0.0947 e. The first-order valence-electron chi connectivity index (χ1n) is 5.97. The molecule has 0 radical (unpaired) electrons. The Morgan fingerprint density at radius 2 is 2.11 bits per heavy atom. The maximum atomic E-state index is 5.04. The van der Waals surface area contributed by atoms with E-state index in [9.17, 15) is 0 Å². The lowest BCUT2D eigenvalue weighted by Crippen LogP contribution is -2.12. The molecule has 3 nitrogen and oxygen atoms in total. The van der Waals surface area contributed by atoms with Crippen molar-refractivity contribution < 1.29 is 4.42 Å². The number of fused-ring (bicyclic) bond motifs is 1. The van der Waals surface area contributed by atoms with Crippen LogP contribution in [0.15, 0.2) is 59.7 Å². The Morgan fingerprint density at radius 1 is 1.11 bits per heavy atom. The van der Waals surface area contributed by atoms with Crippen LogP contribution in [0.3, 0.4) is 0 Å². The Labute approximate surface area is 105 Å². The fourth-order valence-corrected chi connectivity index (χ4v) is 2.08. The summed E-state index contributed by atoms with van der Waals surface area (Å²) in [6, 6.07) is 10.3. The van der Waals surface area contributed by atoms with E-state index in [1.54, 1.807) is 12.5 Å². The van der Waals surface area contributed by atoms with Crippen molar-refractivity contribution in [1.29, 1.82) is 0 Å². The van der Waals surface area contributed by atoms with Gasteiger partial charge in [-0.3, -0.25) is 4.98 Å². The molecule has 0 spiro atoms. The number of benzene rings is 1. The summed E-state index contributed by atoms with van der Waals surface area (Å²) in [5.41, 5.74) is 2.45. The fraction of sp³-hybridized carbons (Fsp3) is 0.133. The van der Waals surface area contributed by atoms with Crippen LogP contribution in [0.2, 0.25) is 0 Å². The van der Waals surface area contributed by atoms with Crippen molar-refractivity contribution >= 4 is 10.8 Å². The first-order valence-corrected chi connectivity index (χ1v) is 5.97. The molecule has 1 N–H and O–H groups in total. The molecule has 3 aromatic rings. The van der Waals surface area contributed by atoms with Gasteiger partial charge >= 0.3 is 0 Å². The summed E-state index contributed by atoms with van der Waals surface area (Å²) in [6.45, 7) is 1.66. The van der Waals surface area contributed by atoms with Gasteiger partial charge < -0.3 is 9.73 Å². The highest BCUT2D eigenvalue weighted by Gasteiger charge is 2.00. The van der Waals surface area contributed by atoms with E-state index in [1.165, 1.54) is 16.3 Å². The Morgan fingerprint density at radius 3 is 3.00 bits per heavy atom. The van der Waals surface area contributed by atoms with E-state index >= 15 is 0 Å². The standard InChI is InChI=1S/C15H14N2O/c1-2-13-9-16-6-4-15(13)14(3-1)10-17-8-12-5-7-18-11-12/h1-7,9,11,17H,8,10H2. The summed E-state index contributed by atoms with van der Waals surface area (Å²) < 4.78 is 5.04. The highest BCUT2D eigenvalue weighted by atomic mass is 16.3. The second kappa shape index (κ2) is 5.02. The van der Waals surface area contributed by atoms with Gasteiger partial charge in [-0.25, -0.2) is 0 Å². The summed E-state index contributed by atoms with van der Waals surface area (Å²) in [6.07, 6.45) is 7.19. The molecule has 0 unspecified atom stereocenters. The number of hydrogen-bond acceptors (Lipinski definition) is 3. The van der Waals surface area contributed by atoms with E-state index < -0.39 is 0 Å². The third kappa shape index (κ3) is 2.26. The average Bonchev–Trinajstić information content (AvgIpc) is 2.92. The largest absolute Gasteiger partial charge is 0.472 e. The van der Waals surface area contributed by atoms with Gasteiger partial charge in [-0.1, -0.05) is 18.2 Å². The lowest BCUT2D eigenvalue weighted by Gasteiger charge is -2.07. The van der Waals surface area contributed by atoms with Gasteiger partial charge in [0, 0.05) is 36.4 Å². The van der Waals surface area contributed by atoms with Crippen LogP contribution in [-0.2, 0) is 13.1 Å². The molecule has 1 aromatic carbocycles. The summed E-state index contributed by atoms with van der Waals surface area (Å²) in [7, 11) is 0. The quantitative estimate of drug-likeness (QED) is 0.759. The molecule has 0 bridgehead atoms. The molecule has 0 amide bonds.